The van der Waals surface area contributed by atoms with Crippen LogP contribution in [0.5, 0.6) is 5.75 Å². The van der Waals surface area contributed by atoms with Crippen LogP contribution in [0.15, 0.2) is 102 Å². The van der Waals surface area contributed by atoms with Gasteiger partial charge in [0.2, 0.25) is 5.95 Å². The van der Waals surface area contributed by atoms with Crippen molar-refractivity contribution in [3.8, 4) is 5.75 Å². The Morgan fingerprint density at radius 3 is 2.14 bits per heavy atom. The number of ether oxygens (including phenoxy) is 1. The normalized spacial score (nSPS) is 11.5. The maximum absolute atomic E-state index is 13.2. The first-order valence-electron chi connectivity index (χ1n) is 10.6. The highest BCUT2D eigenvalue weighted by Gasteiger charge is 2.17. The first-order chi connectivity index (χ1) is 16.9. The number of nitrogens with zero attached hydrogens (tertiary/aromatic N) is 2. The van der Waals surface area contributed by atoms with Gasteiger partial charge in [-0.25, -0.2) is 23.1 Å². The zero-order valence-electron chi connectivity index (χ0n) is 18.8. The molecule has 0 fully saturated rings. The minimum Gasteiger partial charge on any atom is -0.497 e. The molecule has 35 heavy (non-hydrogen) atoms. The van der Waals surface area contributed by atoms with Gasteiger partial charge in [-0.3, -0.25) is 4.79 Å². The van der Waals surface area contributed by atoms with Gasteiger partial charge in [0, 0.05) is 23.7 Å². The number of sulfonamides is 1. The van der Waals surface area contributed by atoms with Crippen molar-refractivity contribution in [2.45, 2.75) is 4.90 Å². The third-order valence-electron chi connectivity index (χ3n) is 4.97. The average Bonchev–Trinajstić information content (AvgIpc) is 2.89. The van der Waals surface area contributed by atoms with Gasteiger partial charge in [0.05, 0.1) is 12.0 Å². The molecule has 0 spiro atoms. The van der Waals surface area contributed by atoms with Crippen molar-refractivity contribution in [1.29, 1.82) is 0 Å². The molecular formula is C26H22N4O4S. The number of hydrogen-bond acceptors (Lipinski definition) is 6. The van der Waals surface area contributed by atoms with Gasteiger partial charge in [0.1, 0.15) is 5.75 Å². The topological polar surface area (TPSA) is 110 Å². The number of nitrogens with one attached hydrogen (secondary N) is 2. The summed E-state index contributed by atoms with van der Waals surface area (Å²) in [6.45, 7) is 0. The predicted octanol–water partition coefficient (Wildman–Crippen LogP) is 4.47. The van der Waals surface area contributed by atoms with Crippen LogP contribution in [0.1, 0.15) is 11.1 Å². The summed E-state index contributed by atoms with van der Waals surface area (Å²) in [5.41, 5.74) is 2.47. The zero-order valence-corrected chi connectivity index (χ0v) is 19.6. The highest BCUT2D eigenvalue weighted by molar-refractivity contribution is 7.92. The number of carbonyl (C=O) groups is 1. The lowest BCUT2D eigenvalue weighted by molar-refractivity contribution is -0.111. The Hall–Kier alpha value is -4.50. The molecule has 0 aliphatic rings. The van der Waals surface area contributed by atoms with E-state index in [4.69, 9.17) is 4.74 Å². The molecule has 1 aromatic heterocycles. The maximum Gasteiger partial charge on any atom is 0.264 e. The fraction of sp³-hybridized carbons (Fsp3) is 0.0385. The molecule has 0 aliphatic carbocycles. The Morgan fingerprint density at radius 2 is 1.51 bits per heavy atom. The Bertz CT molecular complexity index is 1420. The lowest BCUT2D eigenvalue weighted by atomic mass is 10.0. The van der Waals surface area contributed by atoms with E-state index in [1.807, 2.05) is 54.6 Å². The molecule has 0 unspecified atom stereocenters. The molecule has 0 radical (unpaired) electrons. The summed E-state index contributed by atoms with van der Waals surface area (Å²) in [7, 11) is -2.28. The SMILES string of the molecule is COc1ccc(/C=C(/C(=O)Nc2ccc(S(=O)(=O)Nc3ncccn3)cc2)c2ccccc2)cc1. The summed E-state index contributed by atoms with van der Waals surface area (Å²) in [6.07, 6.45) is 4.66. The molecule has 1 amide bonds. The van der Waals surface area contributed by atoms with E-state index < -0.39 is 10.0 Å². The molecule has 0 saturated carbocycles. The van der Waals surface area contributed by atoms with Crippen LogP contribution in [0.3, 0.4) is 0 Å². The number of anilines is 2. The van der Waals surface area contributed by atoms with E-state index in [-0.39, 0.29) is 16.8 Å². The van der Waals surface area contributed by atoms with Gasteiger partial charge >= 0.3 is 0 Å². The van der Waals surface area contributed by atoms with Gasteiger partial charge in [0.25, 0.3) is 15.9 Å². The summed E-state index contributed by atoms with van der Waals surface area (Å²) in [5, 5.41) is 2.84. The molecule has 3 aromatic carbocycles. The number of aromatic nitrogens is 2. The Balaban J connectivity index is 1.55. The van der Waals surface area contributed by atoms with E-state index in [0.29, 0.717) is 11.3 Å². The molecule has 0 atom stereocenters. The zero-order chi connectivity index (χ0) is 24.7. The number of amides is 1. The van der Waals surface area contributed by atoms with Crippen molar-refractivity contribution < 1.29 is 17.9 Å². The number of hydrogen-bond donors (Lipinski definition) is 2. The van der Waals surface area contributed by atoms with Crippen LogP contribution in [0, 0.1) is 0 Å². The number of methoxy groups -OCH3 is 1. The molecule has 4 rings (SSSR count). The third-order valence-corrected chi connectivity index (χ3v) is 6.31. The summed E-state index contributed by atoms with van der Waals surface area (Å²) in [6, 6.07) is 24.1. The van der Waals surface area contributed by atoms with Gasteiger partial charge in [-0.2, -0.15) is 0 Å². The lowest BCUT2D eigenvalue weighted by Crippen LogP contribution is -2.16. The molecular weight excluding hydrogens is 464 g/mol. The Morgan fingerprint density at radius 1 is 0.857 bits per heavy atom. The molecule has 0 saturated heterocycles. The third kappa shape index (κ3) is 6.10. The summed E-state index contributed by atoms with van der Waals surface area (Å²) < 4.78 is 32.7. The molecule has 176 valence electrons. The first kappa shape index (κ1) is 23.7. The van der Waals surface area contributed by atoms with Crippen LogP contribution in [0.4, 0.5) is 11.6 Å². The number of carbonyl (C=O) groups excluding carboxylic acids is 1. The van der Waals surface area contributed by atoms with Crippen LogP contribution in [-0.2, 0) is 14.8 Å². The quantitative estimate of drug-likeness (QED) is 0.281. The van der Waals surface area contributed by atoms with Gasteiger partial charge in [-0.15, -0.1) is 0 Å². The summed E-state index contributed by atoms with van der Waals surface area (Å²) in [4.78, 5) is 21.0. The fourth-order valence-corrected chi connectivity index (χ4v) is 4.17. The second-order valence-corrected chi connectivity index (χ2v) is 9.04. The van der Waals surface area contributed by atoms with Crippen LogP contribution < -0.4 is 14.8 Å². The van der Waals surface area contributed by atoms with E-state index in [1.54, 1.807) is 19.3 Å². The highest BCUT2D eigenvalue weighted by Crippen LogP contribution is 2.23. The fourth-order valence-electron chi connectivity index (χ4n) is 3.21. The largest absolute Gasteiger partial charge is 0.497 e. The van der Waals surface area contributed by atoms with Crippen molar-refractivity contribution in [3.05, 3.63) is 108 Å². The van der Waals surface area contributed by atoms with E-state index in [9.17, 15) is 13.2 Å². The van der Waals surface area contributed by atoms with Gasteiger partial charge in [-0.05, 0) is 59.7 Å². The summed E-state index contributed by atoms with van der Waals surface area (Å²) >= 11 is 0. The van der Waals surface area contributed by atoms with Crippen molar-refractivity contribution in [2.75, 3.05) is 17.1 Å². The molecule has 1 heterocycles. The Labute approximate surface area is 203 Å². The lowest BCUT2D eigenvalue weighted by Gasteiger charge is -2.11. The van der Waals surface area contributed by atoms with E-state index >= 15 is 0 Å². The van der Waals surface area contributed by atoms with Crippen LogP contribution >= 0.6 is 0 Å². The highest BCUT2D eigenvalue weighted by atomic mass is 32.2. The van der Waals surface area contributed by atoms with Crippen LogP contribution in [0.2, 0.25) is 0 Å². The minimum absolute atomic E-state index is 0.0139. The van der Waals surface area contributed by atoms with Crippen LogP contribution in [0.25, 0.3) is 11.6 Å². The molecule has 0 aliphatic heterocycles. The van der Waals surface area contributed by atoms with Gasteiger partial charge in [-0.1, -0.05) is 42.5 Å². The molecule has 8 nitrogen and oxygen atoms in total. The number of benzene rings is 3. The Kier molecular flexibility index (Phi) is 7.18. The molecule has 2 N–H and O–H groups in total. The maximum atomic E-state index is 13.2. The smallest absolute Gasteiger partial charge is 0.264 e. The monoisotopic (exact) mass is 486 g/mol. The van der Waals surface area contributed by atoms with Crippen molar-refractivity contribution >= 4 is 39.2 Å². The minimum atomic E-state index is -3.87. The van der Waals surface area contributed by atoms with Crippen molar-refractivity contribution in [3.63, 3.8) is 0 Å². The average molecular weight is 487 g/mol. The second kappa shape index (κ2) is 10.6. The van der Waals surface area contributed by atoms with E-state index in [1.165, 1.54) is 36.7 Å². The molecule has 9 heteroatoms. The number of rotatable bonds is 8. The van der Waals surface area contributed by atoms with Crippen LogP contribution in [-0.4, -0.2) is 31.4 Å². The predicted molar refractivity (Wildman–Crippen MR) is 135 cm³/mol. The van der Waals surface area contributed by atoms with Gasteiger partial charge < -0.3 is 10.1 Å². The second-order valence-electron chi connectivity index (χ2n) is 7.35. The van der Waals surface area contributed by atoms with E-state index in [0.717, 1.165) is 16.9 Å². The van der Waals surface area contributed by atoms with Crippen molar-refractivity contribution in [2.24, 2.45) is 0 Å². The van der Waals surface area contributed by atoms with Gasteiger partial charge in [0.15, 0.2) is 0 Å². The molecule has 4 aromatic rings. The first-order valence-corrected chi connectivity index (χ1v) is 12.1. The van der Waals surface area contributed by atoms with Crippen molar-refractivity contribution in [1.82, 2.24) is 9.97 Å². The van der Waals surface area contributed by atoms with E-state index in [2.05, 4.69) is 20.0 Å². The standard InChI is InChI=1S/C26H22N4O4S/c1-34-22-12-8-19(9-13-22)18-24(20-6-3-2-4-7-20)25(31)29-21-10-14-23(15-11-21)35(32,33)30-26-27-16-5-17-28-26/h2-18H,1H3,(H,29,31)(H,27,28,30)/b24-18+. The summed E-state index contributed by atoms with van der Waals surface area (Å²) in [5.74, 6) is 0.357. The molecule has 0 bridgehead atoms.